The average molecular weight is 283 g/mol. The van der Waals surface area contributed by atoms with E-state index in [1.54, 1.807) is 12.1 Å². The van der Waals surface area contributed by atoms with E-state index in [1.807, 2.05) is 23.9 Å². The molecule has 0 radical (unpaired) electrons. The first kappa shape index (κ1) is 14.5. The van der Waals surface area contributed by atoms with Gasteiger partial charge in [0.25, 0.3) is 0 Å². The highest BCUT2D eigenvalue weighted by Crippen LogP contribution is 2.19. The zero-order valence-corrected chi connectivity index (χ0v) is 12.3. The topological polar surface area (TPSA) is 33.0 Å². The van der Waals surface area contributed by atoms with E-state index in [9.17, 15) is 0 Å². The van der Waals surface area contributed by atoms with Crippen LogP contribution in [0.2, 0.25) is 0 Å². The summed E-state index contributed by atoms with van der Waals surface area (Å²) in [7, 11) is 0. The van der Waals surface area contributed by atoms with Gasteiger partial charge in [-0.15, -0.1) is 11.8 Å². The minimum atomic E-state index is 0.636. The lowest BCUT2D eigenvalue weighted by Crippen LogP contribution is -1.98. The summed E-state index contributed by atoms with van der Waals surface area (Å²) >= 11 is 1.84. The van der Waals surface area contributed by atoms with Crippen molar-refractivity contribution >= 4 is 11.8 Å². The Hall–Kier alpha value is -1.92. The third-order valence-corrected chi connectivity index (χ3v) is 3.91. The molecule has 0 fully saturated rings. The van der Waals surface area contributed by atoms with Gasteiger partial charge in [0, 0.05) is 10.6 Å². The van der Waals surface area contributed by atoms with Gasteiger partial charge in [-0.25, -0.2) is 0 Å². The molecule has 0 heterocycles. The van der Waals surface area contributed by atoms with Crippen molar-refractivity contribution in [3.8, 4) is 11.8 Å². The first-order valence-corrected chi connectivity index (χ1v) is 7.59. The molecule has 0 aromatic heterocycles. The first-order valence-electron chi connectivity index (χ1n) is 6.60. The molecule has 0 saturated carbocycles. The molecule has 0 aliphatic carbocycles. The van der Waals surface area contributed by atoms with E-state index in [0.29, 0.717) is 12.2 Å². The van der Waals surface area contributed by atoms with Gasteiger partial charge in [-0.3, -0.25) is 0 Å². The standard InChI is InChI=1S/C17H17NOS/c1-14-6-8-17(9-7-14)20-11-3-10-19-16-5-2-4-15(12-16)13-18/h2,4-9,12H,3,10-11H2,1H3. The fourth-order valence-corrected chi connectivity index (χ4v) is 2.56. The molecule has 2 nitrogen and oxygen atoms in total. The number of nitrogens with zero attached hydrogens (tertiary/aromatic N) is 1. The molecule has 2 aromatic carbocycles. The van der Waals surface area contributed by atoms with Gasteiger partial charge in [0.15, 0.2) is 0 Å². The van der Waals surface area contributed by atoms with Crippen LogP contribution in [0.4, 0.5) is 0 Å². The quantitative estimate of drug-likeness (QED) is 0.581. The minimum Gasteiger partial charge on any atom is -0.494 e. The van der Waals surface area contributed by atoms with Gasteiger partial charge >= 0.3 is 0 Å². The van der Waals surface area contributed by atoms with E-state index in [-0.39, 0.29) is 0 Å². The van der Waals surface area contributed by atoms with Crippen LogP contribution in [0.25, 0.3) is 0 Å². The summed E-state index contributed by atoms with van der Waals surface area (Å²) in [5, 5.41) is 8.81. The van der Waals surface area contributed by atoms with Crippen molar-refractivity contribution < 1.29 is 4.74 Å². The van der Waals surface area contributed by atoms with E-state index in [2.05, 4.69) is 37.3 Å². The van der Waals surface area contributed by atoms with Crippen LogP contribution in [0, 0.1) is 18.3 Å². The number of hydrogen-bond donors (Lipinski definition) is 0. The largest absolute Gasteiger partial charge is 0.494 e. The van der Waals surface area contributed by atoms with Crippen molar-refractivity contribution in [3.63, 3.8) is 0 Å². The molecule has 0 aliphatic rings. The van der Waals surface area contributed by atoms with Crippen molar-refractivity contribution in [2.45, 2.75) is 18.2 Å². The Balaban J connectivity index is 1.69. The lowest BCUT2D eigenvalue weighted by Gasteiger charge is -2.06. The summed E-state index contributed by atoms with van der Waals surface area (Å²) in [5.74, 6) is 1.80. The zero-order chi connectivity index (χ0) is 14.2. The molecule has 0 spiro atoms. The lowest BCUT2D eigenvalue weighted by atomic mass is 10.2. The molecule has 2 aromatic rings. The van der Waals surface area contributed by atoms with E-state index in [0.717, 1.165) is 17.9 Å². The van der Waals surface area contributed by atoms with E-state index in [4.69, 9.17) is 10.00 Å². The van der Waals surface area contributed by atoms with Crippen LogP contribution in [0.1, 0.15) is 17.5 Å². The van der Waals surface area contributed by atoms with Crippen LogP contribution in [-0.2, 0) is 0 Å². The third-order valence-electron chi connectivity index (χ3n) is 2.81. The summed E-state index contributed by atoms with van der Waals surface area (Å²) < 4.78 is 5.64. The Morgan fingerprint density at radius 3 is 2.70 bits per heavy atom. The molecule has 2 rings (SSSR count). The average Bonchev–Trinajstić information content (AvgIpc) is 2.49. The van der Waals surface area contributed by atoms with Crippen molar-refractivity contribution in [3.05, 3.63) is 59.7 Å². The molecule has 0 unspecified atom stereocenters. The summed E-state index contributed by atoms with van der Waals surface area (Å²) in [6, 6.07) is 17.9. The Kier molecular flexibility index (Phi) is 5.52. The maximum Gasteiger partial charge on any atom is 0.120 e. The zero-order valence-electron chi connectivity index (χ0n) is 11.5. The molecule has 0 bridgehead atoms. The number of thioether (sulfide) groups is 1. The fraction of sp³-hybridized carbons (Fsp3) is 0.235. The fourth-order valence-electron chi connectivity index (χ4n) is 1.73. The number of rotatable bonds is 6. The van der Waals surface area contributed by atoms with Gasteiger partial charge in [-0.2, -0.15) is 5.26 Å². The molecule has 20 heavy (non-hydrogen) atoms. The second kappa shape index (κ2) is 7.62. The summed E-state index contributed by atoms with van der Waals surface area (Å²) in [6.45, 7) is 2.77. The molecule has 0 aliphatic heterocycles. The van der Waals surface area contributed by atoms with Crippen LogP contribution in [-0.4, -0.2) is 12.4 Å². The van der Waals surface area contributed by atoms with Crippen LogP contribution < -0.4 is 4.74 Å². The number of hydrogen-bond acceptors (Lipinski definition) is 3. The van der Waals surface area contributed by atoms with Crippen molar-refractivity contribution in [1.29, 1.82) is 5.26 Å². The highest BCUT2D eigenvalue weighted by atomic mass is 32.2. The van der Waals surface area contributed by atoms with Crippen LogP contribution in [0.3, 0.4) is 0 Å². The Morgan fingerprint density at radius 2 is 1.95 bits per heavy atom. The van der Waals surface area contributed by atoms with E-state index < -0.39 is 0 Å². The smallest absolute Gasteiger partial charge is 0.120 e. The molecule has 0 atom stereocenters. The maximum absolute atomic E-state index is 8.81. The van der Waals surface area contributed by atoms with Gasteiger partial charge in [-0.05, 0) is 43.7 Å². The molecular formula is C17H17NOS. The number of aryl methyl sites for hydroxylation is 1. The third kappa shape index (κ3) is 4.64. The maximum atomic E-state index is 8.81. The molecule has 3 heteroatoms. The second-order valence-corrected chi connectivity index (χ2v) is 5.67. The Labute approximate surface area is 124 Å². The Morgan fingerprint density at radius 1 is 1.15 bits per heavy atom. The molecule has 0 N–H and O–H groups in total. The normalized spacial score (nSPS) is 10.0. The lowest BCUT2D eigenvalue weighted by molar-refractivity contribution is 0.318. The van der Waals surface area contributed by atoms with Crippen molar-refractivity contribution in [1.82, 2.24) is 0 Å². The number of benzene rings is 2. The highest BCUT2D eigenvalue weighted by molar-refractivity contribution is 7.99. The van der Waals surface area contributed by atoms with Crippen LogP contribution in [0.15, 0.2) is 53.4 Å². The predicted octanol–water partition coefficient (Wildman–Crippen LogP) is 4.43. The van der Waals surface area contributed by atoms with E-state index in [1.165, 1.54) is 10.5 Å². The predicted molar refractivity (Wildman–Crippen MR) is 83.2 cm³/mol. The number of ether oxygens (including phenoxy) is 1. The van der Waals surface area contributed by atoms with Gasteiger partial charge in [0.05, 0.1) is 18.2 Å². The highest BCUT2D eigenvalue weighted by Gasteiger charge is 1.97. The molecule has 0 saturated heterocycles. The molecular weight excluding hydrogens is 266 g/mol. The number of nitriles is 1. The minimum absolute atomic E-state index is 0.636. The summed E-state index contributed by atoms with van der Waals surface area (Å²) in [5.41, 5.74) is 1.92. The summed E-state index contributed by atoms with van der Waals surface area (Å²) in [4.78, 5) is 1.29. The van der Waals surface area contributed by atoms with E-state index >= 15 is 0 Å². The molecule has 102 valence electrons. The molecule has 0 amide bonds. The van der Waals surface area contributed by atoms with Gasteiger partial charge in [0.2, 0.25) is 0 Å². The van der Waals surface area contributed by atoms with Crippen molar-refractivity contribution in [2.24, 2.45) is 0 Å². The summed E-state index contributed by atoms with van der Waals surface area (Å²) in [6.07, 6.45) is 0.981. The van der Waals surface area contributed by atoms with Crippen LogP contribution >= 0.6 is 11.8 Å². The van der Waals surface area contributed by atoms with Crippen LogP contribution in [0.5, 0.6) is 5.75 Å². The SMILES string of the molecule is Cc1ccc(SCCCOc2cccc(C#N)c2)cc1. The monoisotopic (exact) mass is 283 g/mol. The van der Waals surface area contributed by atoms with Crippen molar-refractivity contribution in [2.75, 3.05) is 12.4 Å². The van der Waals surface area contributed by atoms with Gasteiger partial charge < -0.3 is 4.74 Å². The first-order chi connectivity index (χ1) is 9.78. The second-order valence-electron chi connectivity index (χ2n) is 4.50. The van der Waals surface area contributed by atoms with Gasteiger partial charge in [0.1, 0.15) is 5.75 Å². The Bertz CT molecular complexity index is 587. The van der Waals surface area contributed by atoms with Gasteiger partial charge in [-0.1, -0.05) is 23.8 Å².